The summed E-state index contributed by atoms with van der Waals surface area (Å²) < 4.78 is 51.8. The summed E-state index contributed by atoms with van der Waals surface area (Å²) in [5.74, 6) is -0.915. The predicted molar refractivity (Wildman–Crippen MR) is 123 cm³/mol. The molecular formula is C22H25N3O6S2. The molecule has 0 aliphatic carbocycles. The normalized spacial score (nSPS) is 22.3. The van der Waals surface area contributed by atoms with E-state index in [9.17, 15) is 26.4 Å². The predicted octanol–water partition coefficient (Wildman–Crippen LogP) is 1.06. The molecule has 176 valence electrons. The van der Waals surface area contributed by atoms with Gasteiger partial charge >= 0.3 is 0 Å². The van der Waals surface area contributed by atoms with Crippen LogP contribution in [0, 0.1) is 0 Å². The van der Waals surface area contributed by atoms with E-state index < -0.39 is 37.9 Å². The molecule has 11 heteroatoms. The van der Waals surface area contributed by atoms with E-state index in [0.29, 0.717) is 12.1 Å². The Labute approximate surface area is 193 Å². The third-order valence-electron chi connectivity index (χ3n) is 5.87. The van der Waals surface area contributed by atoms with Gasteiger partial charge in [0.15, 0.2) is 9.84 Å². The van der Waals surface area contributed by atoms with Crippen LogP contribution >= 0.6 is 0 Å². The van der Waals surface area contributed by atoms with Crippen LogP contribution in [-0.2, 0) is 42.4 Å². The molecule has 2 heterocycles. The van der Waals surface area contributed by atoms with Crippen LogP contribution in [0.3, 0.4) is 0 Å². The molecule has 1 saturated heterocycles. The van der Waals surface area contributed by atoms with Crippen molar-refractivity contribution in [3.05, 3.63) is 59.7 Å². The Morgan fingerprint density at radius 1 is 1.03 bits per heavy atom. The number of nitrogens with one attached hydrogen (secondary N) is 2. The number of sulfonamides is 1. The van der Waals surface area contributed by atoms with Crippen LogP contribution in [0.15, 0.2) is 53.4 Å². The van der Waals surface area contributed by atoms with E-state index in [-0.39, 0.29) is 35.3 Å². The van der Waals surface area contributed by atoms with Crippen molar-refractivity contribution in [2.24, 2.45) is 0 Å². The topological polar surface area (TPSA) is 130 Å². The number of rotatable bonds is 5. The third-order valence-corrected chi connectivity index (χ3v) is 9.51. The van der Waals surface area contributed by atoms with Gasteiger partial charge in [-0.25, -0.2) is 16.8 Å². The quantitative estimate of drug-likeness (QED) is 0.644. The number of carbonyl (C=O) groups is 2. The number of benzene rings is 2. The molecule has 2 aliphatic rings. The Bertz CT molecular complexity index is 1290. The molecule has 1 fully saturated rings. The first-order valence-corrected chi connectivity index (χ1v) is 13.8. The highest BCUT2D eigenvalue weighted by atomic mass is 32.2. The number of fused-ring (bicyclic) bond motifs is 1. The second kappa shape index (κ2) is 8.88. The molecule has 0 unspecified atom stereocenters. The van der Waals surface area contributed by atoms with Crippen LogP contribution in [0.25, 0.3) is 0 Å². The molecule has 2 atom stereocenters. The van der Waals surface area contributed by atoms with Crippen LogP contribution in [0.2, 0.25) is 0 Å². The second-order valence-corrected chi connectivity index (χ2v) is 12.5. The summed E-state index contributed by atoms with van der Waals surface area (Å²) in [7, 11) is -7.25. The standard InChI is InChI=1S/C22H25N3O6S2/c1-15(26)23-18-6-8-20(9-7-18)33(30,31)25-13-17-5-3-2-4-16(17)12-21(25)22(27)24-19-10-11-32(28,29)14-19/h2-9,19,21H,10-14H2,1H3,(H,23,26)(H,24,27)/t19-,21-/m0/s1. The van der Waals surface area contributed by atoms with Crippen molar-refractivity contribution in [1.82, 2.24) is 9.62 Å². The van der Waals surface area contributed by atoms with Gasteiger partial charge in [-0.1, -0.05) is 24.3 Å². The summed E-state index contributed by atoms with van der Waals surface area (Å²) in [5, 5.41) is 5.34. The molecule has 4 rings (SSSR count). The fourth-order valence-electron chi connectivity index (χ4n) is 4.23. The zero-order valence-electron chi connectivity index (χ0n) is 18.0. The lowest BCUT2D eigenvalue weighted by molar-refractivity contribution is -0.125. The van der Waals surface area contributed by atoms with Gasteiger partial charge in [-0.15, -0.1) is 0 Å². The van der Waals surface area contributed by atoms with E-state index in [0.717, 1.165) is 11.1 Å². The first kappa shape index (κ1) is 23.4. The van der Waals surface area contributed by atoms with Crippen LogP contribution in [-0.4, -0.2) is 56.5 Å². The second-order valence-electron chi connectivity index (χ2n) is 8.35. The van der Waals surface area contributed by atoms with Gasteiger partial charge in [-0.05, 0) is 48.2 Å². The van der Waals surface area contributed by atoms with Gasteiger partial charge in [-0.2, -0.15) is 4.31 Å². The number of carbonyl (C=O) groups excluding carboxylic acids is 2. The molecule has 0 aromatic heterocycles. The number of amides is 2. The Kier molecular flexibility index (Phi) is 6.30. The lowest BCUT2D eigenvalue weighted by Crippen LogP contribution is -2.54. The summed E-state index contributed by atoms with van der Waals surface area (Å²) in [4.78, 5) is 24.4. The first-order valence-electron chi connectivity index (χ1n) is 10.5. The molecule has 0 saturated carbocycles. The van der Waals surface area contributed by atoms with Crippen LogP contribution < -0.4 is 10.6 Å². The highest BCUT2D eigenvalue weighted by Gasteiger charge is 2.41. The zero-order valence-corrected chi connectivity index (χ0v) is 19.7. The molecule has 33 heavy (non-hydrogen) atoms. The maximum Gasteiger partial charge on any atom is 0.244 e. The molecule has 9 nitrogen and oxygen atoms in total. The van der Waals surface area contributed by atoms with Crippen molar-refractivity contribution >= 4 is 37.4 Å². The Morgan fingerprint density at radius 3 is 2.30 bits per heavy atom. The van der Waals surface area contributed by atoms with E-state index in [1.54, 1.807) is 0 Å². The Hall–Kier alpha value is -2.76. The minimum absolute atomic E-state index is 0.00257. The van der Waals surface area contributed by atoms with Gasteiger partial charge in [0, 0.05) is 25.2 Å². The smallest absolute Gasteiger partial charge is 0.244 e. The van der Waals surface area contributed by atoms with Crippen molar-refractivity contribution in [1.29, 1.82) is 0 Å². The summed E-state index contributed by atoms with van der Waals surface area (Å²) in [6.45, 7) is 1.38. The number of hydrogen-bond donors (Lipinski definition) is 2. The summed E-state index contributed by atoms with van der Waals surface area (Å²) in [5.41, 5.74) is 2.15. The minimum Gasteiger partial charge on any atom is -0.351 e. The molecule has 0 spiro atoms. The van der Waals surface area contributed by atoms with Gasteiger partial charge < -0.3 is 10.6 Å². The number of hydrogen-bond acceptors (Lipinski definition) is 6. The summed E-state index contributed by atoms with van der Waals surface area (Å²) >= 11 is 0. The van der Waals surface area contributed by atoms with Crippen LogP contribution in [0.1, 0.15) is 24.5 Å². The van der Waals surface area contributed by atoms with E-state index >= 15 is 0 Å². The van der Waals surface area contributed by atoms with Crippen molar-refractivity contribution in [3.8, 4) is 0 Å². The Balaban J connectivity index is 1.64. The molecule has 2 aliphatic heterocycles. The van der Waals surface area contributed by atoms with Crippen LogP contribution in [0.5, 0.6) is 0 Å². The Morgan fingerprint density at radius 2 is 1.70 bits per heavy atom. The van der Waals surface area contributed by atoms with E-state index in [1.165, 1.54) is 35.5 Å². The molecule has 0 bridgehead atoms. The van der Waals surface area contributed by atoms with Gasteiger partial charge in [0.25, 0.3) is 0 Å². The van der Waals surface area contributed by atoms with E-state index in [1.807, 2.05) is 24.3 Å². The average molecular weight is 492 g/mol. The molecule has 2 amide bonds. The third kappa shape index (κ3) is 5.10. The number of nitrogens with zero attached hydrogens (tertiary/aromatic N) is 1. The SMILES string of the molecule is CC(=O)Nc1ccc(S(=O)(=O)N2Cc3ccccc3C[C@H]2C(=O)N[C@H]2CCS(=O)(=O)C2)cc1. The average Bonchev–Trinajstić information content (AvgIpc) is 3.10. The largest absolute Gasteiger partial charge is 0.351 e. The summed E-state index contributed by atoms with van der Waals surface area (Å²) in [6.07, 6.45) is 0.499. The van der Waals surface area contributed by atoms with Gasteiger partial charge in [0.2, 0.25) is 21.8 Å². The number of sulfone groups is 1. The van der Waals surface area contributed by atoms with Crippen molar-refractivity contribution in [2.45, 2.75) is 43.3 Å². The van der Waals surface area contributed by atoms with Crippen molar-refractivity contribution in [3.63, 3.8) is 0 Å². The highest BCUT2D eigenvalue weighted by Crippen LogP contribution is 2.30. The van der Waals surface area contributed by atoms with Gasteiger partial charge in [0.05, 0.1) is 16.4 Å². The van der Waals surface area contributed by atoms with E-state index in [4.69, 9.17) is 0 Å². The maximum atomic E-state index is 13.5. The zero-order chi connectivity index (χ0) is 23.8. The van der Waals surface area contributed by atoms with E-state index in [2.05, 4.69) is 10.6 Å². The molecule has 2 aromatic carbocycles. The van der Waals surface area contributed by atoms with Crippen LogP contribution in [0.4, 0.5) is 5.69 Å². The highest BCUT2D eigenvalue weighted by molar-refractivity contribution is 7.91. The molecule has 0 radical (unpaired) electrons. The minimum atomic E-state index is -4.06. The lowest BCUT2D eigenvalue weighted by atomic mass is 9.95. The summed E-state index contributed by atoms with van der Waals surface area (Å²) in [6, 6.07) is 11.6. The monoisotopic (exact) mass is 491 g/mol. The molecule has 2 aromatic rings. The number of anilines is 1. The molecule has 2 N–H and O–H groups in total. The van der Waals surface area contributed by atoms with Crippen molar-refractivity contribution in [2.75, 3.05) is 16.8 Å². The van der Waals surface area contributed by atoms with Gasteiger partial charge in [0.1, 0.15) is 6.04 Å². The maximum absolute atomic E-state index is 13.5. The van der Waals surface area contributed by atoms with Crippen molar-refractivity contribution < 1.29 is 26.4 Å². The molecular weight excluding hydrogens is 466 g/mol. The fraction of sp³-hybridized carbons (Fsp3) is 0.364. The lowest BCUT2D eigenvalue weighted by Gasteiger charge is -2.35. The fourth-order valence-corrected chi connectivity index (χ4v) is 7.47. The van der Waals surface area contributed by atoms with Gasteiger partial charge in [-0.3, -0.25) is 9.59 Å². The first-order chi connectivity index (χ1) is 15.5.